The largest absolute Gasteiger partial charge is 0.398 e. The van der Waals surface area contributed by atoms with E-state index in [1.54, 1.807) is 19.1 Å². The van der Waals surface area contributed by atoms with Crippen molar-refractivity contribution >= 4 is 21.7 Å². The Morgan fingerprint density at radius 3 is 2.64 bits per heavy atom. The molecular formula is C8H8BrNO. The maximum absolute atomic E-state index is 11.2. The standard InChI is InChI=1S/C8H8BrNO/c1-2-6-7(10)3-5(9)4-8(6)11/h2-4H,10H2,1H3/b6-2-. The molecule has 58 valence electrons. The fourth-order valence-electron chi connectivity index (χ4n) is 0.922. The fraction of sp³-hybridized carbons (Fsp3) is 0.125. The molecule has 1 aliphatic carbocycles. The minimum atomic E-state index is -0.0422. The Morgan fingerprint density at radius 1 is 1.55 bits per heavy atom. The lowest BCUT2D eigenvalue weighted by Crippen LogP contribution is -2.12. The van der Waals surface area contributed by atoms with Crippen molar-refractivity contribution in [3.63, 3.8) is 0 Å². The number of rotatable bonds is 0. The van der Waals surface area contributed by atoms with Gasteiger partial charge in [-0.3, -0.25) is 4.79 Å². The molecule has 3 heteroatoms. The van der Waals surface area contributed by atoms with Crippen molar-refractivity contribution in [2.45, 2.75) is 6.92 Å². The smallest absolute Gasteiger partial charge is 0.188 e. The molecule has 0 radical (unpaired) electrons. The van der Waals surface area contributed by atoms with Crippen LogP contribution in [-0.4, -0.2) is 5.78 Å². The topological polar surface area (TPSA) is 43.1 Å². The molecule has 0 aromatic carbocycles. The van der Waals surface area contributed by atoms with E-state index in [0.717, 1.165) is 4.48 Å². The highest BCUT2D eigenvalue weighted by Crippen LogP contribution is 2.20. The van der Waals surface area contributed by atoms with Gasteiger partial charge in [0.15, 0.2) is 5.78 Å². The normalized spacial score (nSPS) is 21.6. The Morgan fingerprint density at radius 2 is 2.18 bits per heavy atom. The van der Waals surface area contributed by atoms with Crippen LogP contribution < -0.4 is 5.73 Å². The van der Waals surface area contributed by atoms with E-state index in [4.69, 9.17) is 5.73 Å². The SMILES string of the molecule is C/C=C1\C(=O)C=C(Br)C=C1N. The second-order valence-corrected chi connectivity index (χ2v) is 3.11. The van der Waals surface area contributed by atoms with Crippen LogP contribution in [0, 0.1) is 0 Å². The summed E-state index contributed by atoms with van der Waals surface area (Å²) in [4.78, 5) is 11.2. The van der Waals surface area contributed by atoms with Gasteiger partial charge in [-0.2, -0.15) is 0 Å². The van der Waals surface area contributed by atoms with Gasteiger partial charge in [0.25, 0.3) is 0 Å². The fourth-order valence-corrected chi connectivity index (χ4v) is 1.38. The lowest BCUT2D eigenvalue weighted by atomic mass is 10.0. The van der Waals surface area contributed by atoms with E-state index in [0.29, 0.717) is 11.3 Å². The van der Waals surface area contributed by atoms with Crippen molar-refractivity contribution < 1.29 is 4.79 Å². The molecule has 0 fully saturated rings. The van der Waals surface area contributed by atoms with Crippen molar-refractivity contribution in [2.24, 2.45) is 5.73 Å². The zero-order chi connectivity index (χ0) is 8.43. The Labute approximate surface area is 73.6 Å². The lowest BCUT2D eigenvalue weighted by Gasteiger charge is -2.08. The highest BCUT2D eigenvalue weighted by Gasteiger charge is 2.13. The highest BCUT2D eigenvalue weighted by atomic mass is 79.9. The van der Waals surface area contributed by atoms with E-state index < -0.39 is 0 Å². The van der Waals surface area contributed by atoms with E-state index >= 15 is 0 Å². The zero-order valence-electron chi connectivity index (χ0n) is 6.10. The van der Waals surface area contributed by atoms with Gasteiger partial charge < -0.3 is 5.73 Å². The summed E-state index contributed by atoms with van der Waals surface area (Å²) in [7, 11) is 0. The summed E-state index contributed by atoms with van der Waals surface area (Å²) in [5.74, 6) is -0.0422. The zero-order valence-corrected chi connectivity index (χ0v) is 7.68. The maximum Gasteiger partial charge on any atom is 0.188 e. The summed E-state index contributed by atoms with van der Waals surface area (Å²) in [6, 6.07) is 0. The number of halogens is 1. The Bertz CT molecular complexity index is 286. The molecule has 2 nitrogen and oxygen atoms in total. The van der Waals surface area contributed by atoms with E-state index in [2.05, 4.69) is 15.9 Å². The van der Waals surface area contributed by atoms with Gasteiger partial charge in [0.05, 0.1) is 0 Å². The number of hydrogen-bond acceptors (Lipinski definition) is 2. The number of ketones is 1. The van der Waals surface area contributed by atoms with E-state index in [1.807, 2.05) is 0 Å². The van der Waals surface area contributed by atoms with Crippen LogP contribution in [0.3, 0.4) is 0 Å². The van der Waals surface area contributed by atoms with Gasteiger partial charge in [0.1, 0.15) is 0 Å². The molecule has 0 aromatic heterocycles. The Hall–Kier alpha value is -0.830. The van der Waals surface area contributed by atoms with Crippen LogP contribution in [0.5, 0.6) is 0 Å². The van der Waals surface area contributed by atoms with Crippen LogP contribution >= 0.6 is 15.9 Å². The van der Waals surface area contributed by atoms with Gasteiger partial charge in [-0.15, -0.1) is 0 Å². The summed E-state index contributed by atoms with van der Waals surface area (Å²) in [5.41, 5.74) is 6.67. The summed E-state index contributed by atoms with van der Waals surface area (Å²) < 4.78 is 0.727. The molecule has 0 spiro atoms. The van der Waals surface area contributed by atoms with Crippen LogP contribution in [0.25, 0.3) is 0 Å². The first kappa shape index (κ1) is 8.27. The predicted molar refractivity (Wildman–Crippen MR) is 48.0 cm³/mol. The molecule has 0 aliphatic heterocycles. The third kappa shape index (κ3) is 1.60. The van der Waals surface area contributed by atoms with Gasteiger partial charge in [-0.1, -0.05) is 22.0 Å². The van der Waals surface area contributed by atoms with Crippen LogP contribution in [-0.2, 0) is 4.79 Å². The molecule has 11 heavy (non-hydrogen) atoms. The Balaban J connectivity index is 3.11. The van der Waals surface area contributed by atoms with E-state index in [1.165, 1.54) is 6.08 Å². The van der Waals surface area contributed by atoms with Gasteiger partial charge in [-0.25, -0.2) is 0 Å². The van der Waals surface area contributed by atoms with Crippen molar-refractivity contribution in [3.05, 3.63) is 34.0 Å². The minimum Gasteiger partial charge on any atom is -0.398 e. The molecular weight excluding hydrogens is 206 g/mol. The number of hydrogen-bond donors (Lipinski definition) is 1. The van der Waals surface area contributed by atoms with Gasteiger partial charge >= 0.3 is 0 Å². The first-order chi connectivity index (χ1) is 5.15. The first-order valence-electron chi connectivity index (χ1n) is 3.20. The number of allylic oxidation sites excluding steroid dienone is 5. The van der Waals surface area contributed by atoms with Crippen LogP contribution in [0.15, 0.2) is 34.0 Å². The number of carbonyl (C=O) groups is 1. The van der Waals surface area contributed by atoms with Crippen LogP contribution in [0.1, 0.15) is 6.92 Å². The molecule has 0 saturated carbocycles. The van der Waals surface area contributed by atoms with Gasteiger partial charge in [0.2, 0.25) is 0 Å². The molecule has 0 atom stereocenters. The number of nitrogens with two attached hydrogens (primary N) is 1. The van der Waals surface area contributed by atoms with Crippen molar-refractivity contribution in [2.75, 3.05) is 0 Å². The Kier molecular flexibility index (Phi) is 2.29. The van der Waals surface area contributed by atoms with Crippen molar-refractivity contribution in [1.29, 1.82) is 0 Å². The molecule has 0 heterocycles. The van der Waals surface area contributed by atoms with E-state index in [9.17, 15) is 4.79 Å². The van der Waals surface area contributed by atoms with Gasteiger partial charge in [-0.05, 0) is 13.0 Å². The molecule has 1 rings (SSSR count). The third-order valence-electron chi connectivity index (χ3n) is 1.43. The lowest BCUT2D eigenvalue weighted by molar-refractivity contribution is -0.111. The van der Waals surface area contributed by atoms with Crippen molar-refractivity contribution in [1.82, 2.24) is 0 Å². The minimum absolute atomic E-state index is 0.0422. The average molecular weight is 214 g/mol. The highest BCUT2D eigenvalue weighted by molar-refractivity contribution is 9.11. The summed E-state index contributed by atoms with van der Waals surface area (Å²) >= 11 is 3.18. The molecule has 1 aliphatic rings. The summed E-state index contributed by atoms with van der Waals surface area (Å²) in [6.07, 6.45) is 4.94. The number of carbonyl (C=O) groups excluding carboxylic acids is 1. The predicted octanol–water partition coefficient (Wildman–Crippen LogP) is 1.64. The molecule has 0 aromatic rings. The second kappa shape index (κ2) is 3.05. The first-order valence-corrected chi connectivity index (χ1v) is 4.00. The third-order valence-corrected chi connectivity index (χ3v) is 1.89. The summed E-state index contributed by atoms with van der Waals surface area (Å²) in [6.45, 7) is 1.79. The molecule has 0 amide bonds. The summed E-state index contributed by atoms with van der Waals surface area (Å²) in [5, 5.41) is 0. The van der Waals surface area contributed by atoms with E-state index in [-0.39, 0.29) is 5.78 Å². The van der Waals surface area contributed by atoms with Crippen LogP contribution in [0.4, 0.5) is 0 Å². The van der Waals surface area contributed by atoms with Crippen molar-refractivity contribution in [3.8, 4) is 0 Å². The average Bonchev–Trinajstić information content (AvgIpc) is 1.85. The van der Waals surface area contributed by atoms with Gasteiger partial charge in [0, 0.05) is 21.8 Å². The quantitative estimate of drug-likeness (QED) is 0.623. The molecule has 0 bridgehead atoms. The maximum atomic E-state index is 11.2. The monoisotopic (exact) mass is 213 g/mol. The molecule has 2 N–H and O–H groups in total. The second-order valence-electron chi connectivity index (χ2n) is 2.20. The molecule has 0 unspecified atom stereocenters. The molecule has 0 saturated heterocycles. The van der Waals surface area contributed by atoms with Crippen LogP contribution in [0.2, 0.25) is 0 Å².